The minimum Gasteiger partial charge on any atom is -0.354 e. The van der Waals surface area contributed by atoms with E-state index < -0.39 is 32.5 Å². The summed E-state index contributed by atoms with van der Waals surface area (Å²) in [6.07, 6.45) is 0.978. The van der Waals surface area contributed by atoms with Gasteiger partial charge in [0, 0.05) is 17.9 Å². The van der Waals surface area contributed by atoms with Crippen LogP contribution in [0.5, 0.6) is 0 Å². The Labute approximate surface area is 159 Å². The van der Waals surface area contributed by atoms with E-state index in [-0.39, 0.29) is 32.6 Å². The Hall–Kier alpha value is -3.49. The predicted octanol–water partition coefficient (Wildman–Crippen LogP) is 3.12. The van der Waals surface area contributed by atoms with Crippen molar-refractivity contribution in [3.63, 3.8) is 0 Å². The van der Waals surface area contributed by atoms with Crippen LogP contribution in [-0.2, 0) is 9.84 Å². The number of nitrogens with zero attached hydrogens (tertiary/aromatic N) is 1. The van der Waals surface area contributed by atoms with Crippen LogP contribution >= 0.6 is 0 Å². The SMILES string of the molecule is CC#Cc1c(F)cc2[nH]c(-c3cc(C#N)ccc3S(C)(=O)=O)cc(=O)c2c1F. The molecule has 3 aromatic rings. The lowest BCUT2D eigenvalue weighted by Gasteiger charge is -2.11. The second kappa shape index (κ2) is 6.91. The Balaban J connectivity index is 2.42. The number of hydrogen-bond donors (Lipinski definition) is 1. The van der Waals surface area contributed by atoms with Crippen molar-refractivity contribution in [2.45, 2.75) is 11.8 Å². The van der Waals surface area contributed by atoms with Gasteiger partial charge in [-0.2, -0.15) is 5.26 Å². The van der Waals surface area contributed by atoms with Gasteiger partial charge >= 0.3 is 0 Å². The fourth-order valence-corrected chi connectivity index (χ4v) is 3.74. The third-order valence-electron chi connectivity index (χ3n) is 4.06. The maximum Gasteiger partial charge on any atom is 0.193 e. The molecule has 0 spiro atoms. The molecular formula is C20H12F2N2O3S. The van der Waals surface area contributed by atoms with Crippen LogP contribution < -0.4 is 5.43 Å². The zero-order chi connectivity index (χ0) is 20.6. The Morgan fingerprint density at radius 3 is 2.46 bits per heavy atom. The average molecular weight is 398 g/mol. The molecule has 28 heavy (non-hydrogen) atoms. The van der Waals surface area contributed by atoms with E-state index in [4.69, 9.17) is 5.26 Å². The summed E-state index contributed by atoms with van der Waals surface area (Å²) in [6, 6.07) is 7.68. The van der Waals surface area contributed by atoms with E-state index in [2.05, 4.69) is 16.8 Å². The van der Waals surface area contributed by atoms with E-state index in [1.807, 2.05) is 6.07 Å². The van der Waals surface area contributed by atoms with E-state index in [0.29, 0.717) is 0 Å². The van der Waals surface area contributed by atoms with Crippen LogP contribution in [0.3, 0.4) is 0 Å². The van der Waals surface area contributed by atoms with Crippen LogP contribution in [0.4, 0.5) is 8.78 Å². The van der Waals surface area contributed by atoms with Crippen LogP contribution in [0.25, 0.3) is 22.2 Å². The van der Waals surface area contributed by atoms with Crippen molar-refractivity contribution in [1.29, 1.82) is 5.26 Å². The molecule has 0 radical (unpaired) electrons. The maximum absolute atomic E-state index is 14.6. The zero-order valence-electron chi connectivity index (χ0n) is 14.7. The van der Waals surface area contributed by atoms with E-state index in [1.54, 1.807) is 0 Å². The van der Waals surface area contributed by atoms with Crippen molar-refractivity contribution in [3.8, 4) is 29.2 Å². The van der Waals surface area contributed by atoms with Gasteiger partial charge in [0.15, 0.2) is 21.1 Å². The molecule has 0 bridgehead atoms. The smallest absolute Gasteiger partial charge is 0.193 e. The monoisotopic (exact) mass is 398 g/mol. The lowest BCUT2D eigenvalue weighted by Crippen LogP contribution is -2.09. The topological polar surface area (TPSA) is 90.8 Å². The van der Waals surface area contributed by atoms with Crippen LogP contribution in [0.1, 0.15) is 18.1 Å². The second-order valence-corrected chi connectivity index (χ2v) is 7.97. The number of rotatable bonds is 2. The molecule has 8 heteroatoms. The first-order valence-electron chi connectivity index (χ1n) is 7.89. The van der Waals surface area contributed by atoms with Crippen LogP contribution in [0.2, 0.25) is 0 Å². The third-order valence-corrected chi connectivity index (χ3v) is 5.21. The Bertz CT molecular complexity index is 1410. The fourth-order valence-electron chi connectivity index (χ4n) is 2.86. The number of aromatic nitrogens is 1. The van der Waals surface area contributed by atoms with Crippen molar-refractivity contribution in [2.75, 3.05) is 6.26 Å². The Morgan fingerprint density at radius 1 is 1.14 bits per heavy atom. The van der Waals surface area contributed by atoms with Gasteiger partial charge in [-0.25, -0.2) is 17.2 Å². The van der Waals surface area contributed by atoms with E-state index in [0.717, 1.165) is 18.4 Å². The molecule has 5 nitrogen and oxygen atoms in total. The number of sulfone groups is 1. The van der Waals surface area contributed by atoms with Crippen molar-refractivity contribution in [1.82, 2.24) is 4.98 Å². The minimum absolute atomic E-state index is 0.0168. The lowest BCUT2D eigenvalue weighted by atomic mass is 10.0. The number of fused-ring (bicyclic) bond motifs is 1. The molecule has 0 aliphatic rings. The largest absolute Gasteiger partial charge is 0.354 e. The number of halogens is 2. The summed E-state index contributed by atoms with van der Waals surface area (Å²) in [5.41, 5.74) is -1.21. The number of pyridine rings is 1. The number of nitrogens with one attached hydrogen (secondary N) is 1. The van der Waals surface area contributed by atoms with Gasteiger partial charge in [-0.1, -0.05) is 5.92 Å². The molecule has 0 aliphatic carbocycles. The standard InChI is InChI=1S/C20H12F2N2O3S/c1-3-4-12-14(21)8-16-19(20(12)22)17(25)9-15(24-16)13-7-11(10-23)5-6-18(13)28(2,26)27/h5-9H,1-2H3,(H,24,25). The van der Waals surface area contributed by atoms with E-state index in [1.165, 1.54) is 25.1 Å². The van der Waals surface area contributed by atoms with Gasteiger partial charge < -0.3 is 4.98 Å². The molecule has 0 amide bonds. The molecule has 1 N–H and O–H groups in total. The summed E-state index contributed by atoms with van der Waals surface area (Å²) in [5.74, 6) is 2.62. The van der Waals surface area contributed by atoms with Gasteiger partial charge in [-0.3, -0.25) is 4.79 Å². The van der Waals surface area contributed by atoms with E-state index >= 15 is 0 Å². The average Bonchev–Trinajstić information content (AvgIpc) is 2.63. The fraction of sp³-hybridized carbons (Fsp3) is 0.100. The van der Waals surface area contributed by atoms with Crippen LogP contribution in [-0.4, -0.2) is 19.7 Å². The van der Waals surface area contributed by atoms with Gasteiger partial charge in [-0.15, -0.1) is 5.92 Å². The van der Waals surface area contributed by atoms with Crippen molar-refractivity contribution < 1.29 is 17.2 Å². The highest BCUT2D eigenvalue weighted by Gasteiger charge is 2.20. The van der Waals surface area contributed by atoms with Crippen molar-refractivity contribution in [2.24, 2.45) is 0 Å². The highest BCUT2D eigenvalue weighted by Crippen LogP contribution is 2.29. The molecule has 0 atom stereocenters. The molecule has 2 aromatic carbocycles. The quantitative estimate of drug-likeness (QED) is 0.672. The summed E-state index contributed by atoms with van der Waals surface area (Å²) < 4.78 is 53.0. The zero-order valence-corrected chi connectivity index (χ0v) is 15.5. The molecule has 3 rings (SSSR count). The normalized spacial score (nSPS) is 11.0. The van der Waals surface area contributed by atoms with Crippen molar-refractivity contribution >= 4 is 20.7 Å². The highest BCUT2D eigenvalue weighted by atomic mass is 32.2. The summed E-state index contributed by atoms with van der Waals surface area (Å²) in [5, 5.41) is 8.71. The first-order valence-corrected chi connectivity index (χ1v) is 9.79. The van der Waals surface area contributed by atoms with Gasteiger partial charge in [0.2, 0.25) is 0 Å². The van der Waals surface area contributed by atoms with Crippen molar-refractivity contribution in [3.05, 3.63) is 63.3 Å². The summed E-state index contributed by atoms with van der Waals surface area (Å²) in [7, 11) is -3.70. The van der Waals surface area contributed by atoms with Crippen LogP contribution in [0.15, 0.2) is 40.0 Å². The number of aromatic amines is 1. The molecule has 0 aliphatic heterocycles. The summed E-state index contributed by atoms with van der Waals surface area (Å²) in [4.78, 5) is 15.1. The highest BCUT2D eigenvalue weighted by molar-refractivity contribution is 7.90. The third kappa shape index (κ3) is 3.26. The molecule has 140 valence electrons. The molecule has 1 aromatic heterocycles. The number of hydrogen-bond acceptors (Lipinski definition) is 4. The number of benzene rings is 2. The first-order chi connectivity index (χ1) is 13.2. The Kier molecular flexibility index (Phi) is 4.76. The molecule has 0 fully saturated rings. The second-order valence-electron chi connectivity index (χ2n) is 5.99. The molecule has 0 saturated heterocycles. The van der Waals surface area contributed by atoms with E-state index in [9.17, 15) is 22.0 Å². The molecule has 1 heterocycles. The van der Waals surface area contributed by atoms with Gasteiger partial charge in [-0.05, 0) is 31.2 Å². The molecule has 0 saturated carbocycles. The summed E-state index contributed by atoms with van der Waals surface area (Å²) >= 11 is 0. The summed E-state index contributed by atoms with van der Waals surface area (Å²) in [6.45, 7) is 1.41. The van der Waals surface area contributed by atoms with Crippen LogP contribution in [0, 0.1) is 34.8 Å². The predicted molar refractivity (Wildman–Crippen MR) is 100 cm³/mol. The van der Waals surface area contributed by atoms with Gasteiger partial charge in [0.05, 0.1) is 38.7 Å². The molecular weight excluding hydrogens is 386 g/mol. The maximum atomic E-state index is 14.6. The molecule has 0 unspecified atom stereocenters. The van der Waals surface area contributed by atoms with Gasteiger partial charge in [0.25, 0.3) is 0 Å². The van der Waals surface area contributed by atoms with Gasteiger partial charge in [0.1, 0.15) is 5.82 Å². The lowest BCUT2D eigenvalue weighted by molar-refractivity contribution is 0.585. The number of nitriles is 1. The Morgan fingerprint density at radius 2 is 1.86 bits per heavy atom. The minimum atomic E-state index is -3.70. The first kappa shape index (κ1) is 19.3. The number of H-pyrrole nitrogens is 1.